The van der Waals surface area contributed by atoms with Gasteiger partial charge in [-0.3, -0.25) is 4.79 Å². The maximum absolute atomic E-state index is 12.6. The van der Waals surface area contributed by atoms with Gasteiger partial charge in [-0.15, -0.1) is 0 Å². The lowest BCUT2D eigenvalue weighted by molar-refractivity contribution is -0.923. The van der Waals surface area contributed by atoms with Crippen LogP contribution in [0.1, 0.15) is 42.9 Å². The molecule has 28 heavy (non-hydrogen) atoms. The Bertz CT molecular complexity index is 801. The maximum Gasteiger partial charge on any atom is 0.248 e. The number of nitrogens with zero attached hydrogens (tertiary/aromatic N) is 2. The molecule has 3 aliphatic heterocycles. The van der Waals surface area contributed by atoms with Crippen molar-refractivity contribution in [2.45, 2.75) is 43.8 Å². The highest BCUT2D eigenvalue weighted by Gasteiger charge is 2.47. The first-order chi connectivity index (χ1) is 13.2. The third kappa shape index (κ3) is 3.29. The van der Waals surface area contributed by atoms with Crippen molar-refractivity contribution < 1.29 is 14.1 Å². The van der Waals surface area contributed by atoms with Crippen molar-refractivity contribution >= 4 is 34.8 Å². The van der Waals surface area contributed by atoms with E-state index in [0.717, 1.165) is 36.2 Å². The summed E-state index contributed by atoms with van der Waals surface area (Å²) >= 11 is 13.1. The van der Waals surface area contributed by atoms with Gasteiger partial charge in [-0.1, -0.05) is 23.2 Å². The highest BCUT2D eigenvalue weighted by Crippen LogP contribution is 2.52. The molecule has 3 heterocycles. The standard InChI is InChI=1S/C20H29Cl2N4O2/c1-11-17-15(5-7-25(11)16(27)10-28-4)23-20-18(17)12(9-13(21)19(20)22)14-6-8-26(2,3)24-14/h9,11,14-15,17,23-24H,5-8,10H2,1-4H3/q+1/t11-,14?,15?,17?/m1/s1. The number of quaternary nitrogens is 1. The molecule has 2 fully saturated rings. The van der Waals surface area contributed by atoms with E-state index in [0.29, 0.717) is 10.0 Å². The van der Waals surface area contributed by atoms with E-state index in [2.05, 4.69) is 31.8 Å². The van der Waals surface area contributed by atoms with Crippen LogP contribution in [-0.2, 0) is 9.53 Å². The molecule has 6 nitrogen and oxygen atoms in total. The number of likely N-dealkylation sites (tertiary alicyclic amines) is 1. The van der Waals surface area contributed by atoms with Crippen LogP contribution in [0.15, 0.2) is 6.07 Å². The van der Waals surface area contributed by atoms with E-state index in [1.807, 2.05) is 11.0 Å². The molecule has 154 valence electrons. The monoisotopic (exact) mass is 427 g/mol. The molecule has 1 aromatic carbocycles. The van der Waals surface area contributed by atoms with Crippen LogP contribution in [0.2, 0.25) is 10.0 Å². The fourth-order valence-electron chi connectivity index (χ4n) is 5.22. The van der Waals surface area contributed by atoms with Crippen molar-refractivity contribution in [1.82, 2.24) is 10.3 Å². The summed E-state index contributed by atoms with van der Waals surface area (Å²) in [7, 11) is 5.91. The third-order valence-corrected chi connectivity index (χ3v) is 7.31. The third-order valence-electron chi connectivity index (χ3n) is 6.53. The first-order valence-electron chi connectivity index (χ1n) is 9.91. The number of carbonyl (C=O) groups excluding carboxylic acids is 1. The lowest BCUT2D eigenvalue weighted by Gasteiger charge is -2.41. The molecule has 1 aromatic rings. The van der Waals surface area contributed by atoms with Gasteiger partial charge in [0.25, 0.3) is 0 Å². The molecule has 8 heteroatoms. The molecule has 4 rings (SSSR count). The number of rotatable bonds is 3. The van der Waals surface area contributed by atoms with Gasteiger partial charge in [0.1, 0.15) is 6.61 Å². The van der Waals surface area contributed by atoms with E-state index in [1.165, 1.54) is 11.1 Å². The van der Waals surface area contributed by atoms with Gasteiger partial charge in [-0.2, -0.15) is 5.43 Å². The minimum Gasteiger partial charge on any atom is -0.380 e. The molecule has 0 saturated carbocycles. The zero-order chi connectivity index (χ0) is 20.2. The smallest absolute Gasteiger partial charge is 0.248 e. The summed E-state index contributed by atoms with van der Waals surface area (Å²) in [5, 5.41) is 4.80. The molecule has 2 saturated heterocycles. The molecule has 0 spiro atoms. The van der Waals surface area contributed by atoms with Crippen molar-refractivity contribution in [2.75, 3.05) is 46.2 Å². The summed E-state index contributed by atoms with van der Waals surface area (Å²) in [6, 6.07) is 2.57. The number of amides is 1. The number of anilines is 1. The van der Waals surface area contributed by atoms with E-state index in [1.54, 1.807) is 7.11 Å². The highest BCUT2D eigenvalue weighted by atomic mass is 35.5. The number of ether oxygens (including phenoxy) is 1. The predicted octanol–water partition coefficient (Wildman–Crippen LogP) is 3.16. The molecule has 3 unspecified atom stereocenters. The number of nitrogens with one attached hydrogen (secondary N) is 2. The topological polar surface area (TPSA) is 53.6 Å². The van der Waals surface area contributed by atoms with Crippen molar-refractivity contribution in [1.29, 1.82) is 0 Å². The number of methoxy groups -OCH3 is 1. The first kappa shape index (κ1) is 20.2. The molecule has 4 atom stereocenters. The number of piperidine rings is 1. The Labute approximate surface area is 176 Å². The van der Waals surface area contributed by atoms with Gasteiger partial charge in [-0.25, -0.2) is 4.59 Å². The van der Waals surface area contributed by atoms with Gasteiger partial charge in [-0.05, 0) is 30.5 Å². The first-order valence-corrected chi connectivity index (χ1v) is 10.7. The largest absolute Gasteiger partial charge is 0.380 e. The minimum atomic E-state index is 0.0419. The number of fused-ring (bicyclic) bond motifs is 3. The van der Waals surface area contributed by atoms with Gasteiger partial charge >= 0.3 is 0 Å². The Morgan fingerprint density at radius 1 is 1.36 bits per heavy atom. The summed E-state index contributed by atoms with van der Waals surface area (Å²) in [5.41, 5.74) is 7.08. The van der Waals surface area contributed by atoms with E-state index >= 15 is 0 Å². The van der Waals surface area contributed by atoms with Crippen LogP contribution in [0.25, 0.3) is 0 Å². The molecular weight excluding hydrogens is 399 g/mol. The summed E-state index contributed by atoms with van der Waals surface area (Å²) < 4.78 is 5.86. The SMILES string of the molecule is COCC(=O)N1CCC2Nc3c(Cl)c(Cl)cc(C4CC[N+](C)(C)N4)c3C2[C@H]1C. The van der Waals surface area contributed by atoms with Gasteiger partial charge in [0.2, 0.25) is 5.91 Å². The second-order valence-electron chi connectivity index (χ2n) is 8.76. The molecule has 3 aliphatic rings. The normalized spacial score (nSPS) is 30.7. The number of benzene rings is 1. The number of halogens is 2. The fraction of sp³-hybridized carbons (Fsp3) is 0.650. The zero-order valence-electron chi connectivity index (χ0n) is 16.9. The van der Waals surface area contributed by atoms with E-state index in [-0.39, 0.29) is 36.6 Å². The number of hydrogen-bond donors (Lipinski definition) is 2. The van der Waals surface area contributed by atoms with E-state index in [4.69, 9.17) is 27.9 Å². The van der Waals surface area contributed by atoms with Gasteiger partial charge in [0.05, 0.1) is 42.4 Å². The number of carbonyl (C=O) groups is 1. The van der Waals surface area contributed by atoms with Crippen molar-refractivity contribution in [3.8, 4) is 0 Å². The second kappa shape index (κ2) is 7.33. The van der Waals surface area contributed by atoms with Crippen LogP contribution < -0.4 is 10.7 Å². The molecule has 0 aromatic heterocycles. The van der Waals surface area contributed by atoms with Crippen LogP contribution in [0, 0.1) is 0 Å². The van der Waals surface area contributed by atoms with Crippen LogP contribution in [0.5, 0.6) is 0 Å². The van der Waals surface area contributed by atoms with Crippen LogP contribution in [-0.4, -0.2) is 68.4 Å². The molecule has 2 N–H and O–H groups in total. The molecule has 0 aliphatic carbocycles. The minimum absolute atomic E-state index is 0.0419. The Morgan fingerprint density at radius 2 is 2.11 bits per heavy atom. The van der Waals surface area contributed by atoms with Crippen molar-refractivity contribution in [3.63, 3.8) is 0 Å². The molecule has 0 bridgehead atoms. The Hall–Kier alpha value is -1.05. The lowest BCUT2D eigenvalue weighted by Crippen LogP contribution is -2.52. The van der Waals surface area contributed by atoms with Crippen LogP contribution >= 0.6 is 23.2 Å². The summed E-state index contributed by atoms with van der Waals surface area (Å²) in [5.74, 6) is 0.229. The fourth-order valence-corrected chi connectivity index (χ4v) is 5.64. The summed E-state index contributed by atoms with van der Waals surface area (Å²) in [6.07, 6.45) is 1.92. The maximum atomic E-state index is 12.6. The average molecular weight is 428 g/mol. The molecule has 1 amide bonds. The zero-order valence-corrected chi connectivity index (χ0v) is 18.4. The number of hydrogen-bond acceptors (Lipinski definition) is 4. The van der Waals surface area contributed by atoms with Crippen molar-refractivity contribution in [3.05, 3.63) is 27.2 Å². The Morgan fingerprint density at radius 3 is 2.75 bits per heavy atom. The van der Waals surface area contributed by atoms with Crippen LogP contribution in [0.3, 0.4) is 0 Å². The molecular formula is C20H29Cl2N4O2+. The highest BCUT2D eigenvalue weighted by molar-refractivity contribution is 6.44. The van der Waals surface area contributed by atoms with E-state index in [9.17, 15) is 4.79 Å². The Balaban J connectivity index is 1.75. The summed E-state index contributed by atoms with van der Waals surface area (Å²) in [6.45, 7) is 4.02. The molecule has 0 radical (unpaired) electrons. The predicted molar refractivity (Wildman–Crippen MR) is 112 cm³/mol. The van der Waals surface area contributed by atoms with Gasteiger partial charge < -0.3 is 15.0 Å². The summed E-state index contributed by atoms with van der Waals surface area (Å²) in [4.78, 5) is 14.5. The average Bonchev–Trinajstić information content (AvgIpc) is 3.19. The second-order valence-corrected chi connectivity index (χ2v) is 9.54. The lowest BCUT2D eigenvalue weighted by atomic mass is 9.79. The Kier molecular flexibility index (Phi) is 5.30. The van der Waals surface area contributed by atoms with E-state index < -0.39 is 0 Å². The quantitative estimate of drug-likeness (QED) is 0.727. The van der Waals surface area contributed by atoms with Crippen molar-refractivity contribution in [2.24, 2.45) is 0 Å². The van der Waals surface area contributed by atoms with Crippen LogP contribution in [0.4, 0.5) is 5.69 Å². The van der Waals surface area contributed by atoms with Gasteiger partial charge in [0.15, 0.2) is 0 Å². The van der Waals surface area contributed by atoms with Gasteiger partial charge in [0, 0.05) is 38.1 Å².